The van der Waals surface area contributed by atoms with E-state index in [1.54, 1.807) is 12.1 Å². The highest BCUT2D eigenvalue weighted by Gasteiger charge is 2.04. The number of ether oxygens (including phenoxy) is 1. The molecule has 0 aromatic heterocycles. The summed E-state index contributed by atoms with van der Waals surface area (Å²) in [4.78, 5) is 10.3. The lowest BCUT2D eigenvalue weighted by Gasteiger charge is -2.05. The molecule has 0 unspecified atom stereocenters. The number of carbonyl (C=O) groups is 1. The second-order valence-electron chi connectivity index (χ2n) is 2.56. The van der Waals surface area contributed by atoms with Gasteiger partial charge in [0.1, 0.15) is 11.5 Å². The summed E-state index contributed by atoms with van der Waals surface area (Å²) in [7, 11) is 1.45. The molecule has 0 bridgehead atoms. The van der Waals surface area contributed by atoms with Gasteiger partial charge in [0, 0.05) is 6.08 Å². The van der Waals surface area contributed by atoms with Crippen LogP contribution in [0.15, 0.2) is 24.3 Å². The van der Waals surface area contributed by atoms with E-state index in [-0.39, 0.29) is 5.75 Å². The lowest BCUT2D eigenvalue weighted by Crippen LogP contribution is -1.89. The summed E-state index contributed by atoms with van der Waals surface area (Å²) in [6.07, 6.45) is 2.23. The zero-order valence-corrected chi connectivity index (χ0v) is 7.60. The number of benzene rings is 1. The maximum absolute atomic E-state index is 10.3. The van der Waals surface area contributed by atoms with E-state index >= 15 is 0 Å². The summed E-state index contributed by atoms with van der Waals surface area (Å²) < 4.78 is 4.95. The van der Waals surface area contributed by atoms with Crippen molar-refractivity contribution in [2.75, 3.05) is 7.11 Å². The normalized spacial score (nSPS) is 10.4. The Morgan fingerprint density at radius 2 is 2.21 bits per heavy atom. The average molecular weight is 194 g/mol. The third-order valence-corrected chi connectivity index (χ3v) is 1.66. The molecular formula is C10H10O4. The first-order valence-corrected chi connectivity index (χ1v) is 3.92. The highest BCUT2D eigenvalue weighted by molar-refractivity contribution is 5.86. The number of hydrogen-bond donors (Lipinski definition) is 2. The molecular weight excluding hydrogens is 184 g/mol. The predicted octanol–water partition coefficient (Wildman–Crippen LogP) is 1.50. The Bertz CT molecular complexity index is 368. The summed E-state index contributed by atoms with van der Waals surface area (Å²) in [5.41, 5.74) is 0.359. The fourth-order valence-corrected chi connectivity index (χ4v) is 1.03. The van der Waals surface area contributed by atoms with Gasteiger partial charge in [-0.05, 0) is 18.2 Å². The van der Waals surface area contributed by atoms with Crippen LogP contribution >= 0.6 is 0 Å². The molecule has 0 radical (unpaired) electrons. The van der Waals surface area contributed by atoms with Crippen LogP contribution in [-0.4, -0.2) is 23.3 Å². The van der Waals surface area contributed by atoms with Crippen LogP contribution in [0.25, 0.3) is 6.08 Å². The number of aromatic hydroxyl groups is 1. The van der Waals surface area contributed by atoms with Crippen molar-refractivity contribution >= 4 is 12.0 Å². The van der Waals surface area contributed by atoms with Gasteiger partial charge in [-0.25, -0.2) is 4.79 Å². The number of aliphatic carboxylic acids is 1. The standard InChI is InChI=1S/C10H10O4/c1-14-9-4-2-3-8(11)7(9)5-6-10(12)13/h2-6,11H,1H3,(H,12,13)/b6-5+. The number of phenolic OH excluding ortho intramolecular Hbond substituents is 1. The first-order chi connectivity index (χ1) is 6.65. The SMILES string of the molecule is COc1cccc(O)c1/C=C/C(=O)O. The molecule has 0 amide bonds. The van der Waals surface area contributed by atoms with Crippen molar-refractivity contribution in [3.8, 4) is 11.5 Å². The number of hydrogen-bond acceptors (Lipinski definition) is 3. The van der Waals surface area contributed by atoms with Crippen LogP contribution in [-0.2, 0) is 4.79 Å². The summed E-state index contributed by atoms with van der Waals surface area (Å²) in [5, 5.41) is 17.8. The molecule has 1 rings (SSSR count). The fraction of sp³-hybridized carbons (Fsp3) is 0.100. The van der Waals surface area contributed by atoms with Gasteiger partial charge in [0.2, 0.25) is 0 Å². The molecule has 0 spiro atoms. The molecule has 1 aromatic rings. The largest absolute Gasteiger partial charge is 0.507 e. The molecule has 0 heterocycles. The predicted molar refractivity (Wildman–Crippen MR) is 51.3 cm³/mol. The van der Waals surface area contributed by atoms with Crippen molar-refractivity contribution < 1.29 is 19.7 Å². The molecule has 0 saturated heterocycles. The topological polar surface area (TPSA) is 66.8 Å². The van der Waals surface area contributed by atoms with Gasteiger partial charge in [0.15, 0.2) is 0 Å². The van der Waals surface area contributed by atoms with Crippen LogP contribution in [0.3, 0.4) is 0 Å². The van der Waals surface area contributed by atoms with E-state index in [1.165, 1.54) is 19.3 Å². The number of phenols is 1. The monoisotopic (exact) mass is 194 g/mol. The van der Waals surface area contributed by atoms with Gasteiger partial charge >= 0.3 is 5.97 Å². The summed E-state index contributed by atoms with van der Waals surface area (Å²) in [6.45, 7) is 0. The Balaban J connectivity index is 3.11. The van der Waals surface area contributed by atoms with E-state index in [0.717, 1.165) is 6.08 Å². The molecule has 0 fully saturated rings. The van der Waals surface area contributed by atoms with E-state index in [2.05, 4.69) is 0 Å². The minimum absolute atomic E-state index is 0.0122. The molecule has 0 aliphatic heterocycles. The molecule has 0 saturated carbocycles. The second kappa shape index (κ2) is 4.32. The Kier molecular flexibility index (Phi) is 3.12. The number of carboxylic acid groups (broad SMARTS) is 1. The molecule has 4 heteroatoms. The molecule has 4 nitrogen and oxygen atoms in total. The van der Waals surface area contributed by atoms with Crippen molar-refractivity contribution in [3.05, 3.63) is 29.8 Å². The van der Waals surface area contributed by atoms with Crippen LogP contribution in [0.2, 0.25) is 0 Å². The van der Waals surface area contributed by atoms with Gasteiger partial charge in [-0.2, -0.15) is 0 Å². The summed E-state index contributed by atoms with van der Waals surface area (Å²) >= 11 is 0. The third-order valence-electron chi connectivity index (χ3n) is 1.66. The molecule has 1 aromatic carbocycles. The lowest BCUT2D eigenvalue weighted by molar-refractivity contribution is -0.131. The Hall–Kier alpha value is -1.97. The highest BCUT2D eigenvalue weighted by atomic mass is 16.5. The molecule has 0 atom stereocenters. The lowest BCUT2D eigenvalue weighted by atomic mass is 10.1. The van der Waals surface area contributed by atoms with E-state index < -0.39 is 5.97 Å². The maximum Gasteiger partial charge on any atom is 0.328 e. The molecule has 74 valence electrons. The first kappa shape index (κ1) is 10.1. The average Bonchev–Trinajstić information content (AvgIpc) is 2.15. The molecule has 0 aliphatic rings. The van der Waals surface area contributed by atoms with Gasteiger partial charge in [-0.15, -0.1) is 0 Å². The molecule has 14 heavy (non-hydrogen) atoms. The molecule has 0 aliphatic carbocycles. The minimum Gasteiger partial charge on any atom is -0.507 e. The van der Waals surface area contributed by atoms with Gasteiger partial charge in [-0.1, -0.05) is 6.07 Å². The van der Waals surface area contributed by atoms with E-state index in [1.807, 2.05) is 0 Å². The smallest absolute Gasteiger partial charge is 0.328 e. The van der Waals surface area contributed by atoms with Gasteiger partial charge in [-0.3, -0.25) is 0 Å². The Morgan fingerprint density at radius 3 is 2.79 bits per heavy atom. The van der Waals surface area contributed by atoms with Crippen molar-refractivity contribution in [1.29, 1.82) is 0 Å². The summed E-state index contributed by atoms with van der Waals surface area (Å²) in [5.74, 6) is -0.653. The van der Waals surface area contributed by atoms with Gasteiger partial charge in [0.05, 0.1) is 12.7 Å². The Labute approximate surface area is 81.1 Å². The van der Waals surface area contributed by atoms with Crippen LogP contribution in [0.5, 0.6) is 11.5 Å². The van der Waals surface area contributed by atoms with Crippen molar-refractivity contribution in [3.63, 3.8) is 0 Å². The Morgan fingerprint density at radius 1 is 1.50 bits per heavy atom. The van der Waals surface area contributed by atoms with Crippen molar-refractivity contribution in [2.45, 2.75) is 0 Å². The first-order valence-electron chi connectivity index (χ1n) is 3.92. The van der Waals surface area contributed by atoms with Gasteiger partial charge < -0.3 is 14.9 Å². The van der Waals surface area contributed by atoms with Gasteiger partial charge in [0.25, 0.3) is 0 Å². The fourth-order valence-electron chi connectivity index (χ4n) is 1.03. The zero-order chi connectivity index (χ0) is 10.6. The highest BCUT2D eigenvalue weighted by Crippen LogP contribution is 2.28. The summed E-state index contributed by atoms with van der Waals surface area (Å²) in [6, 6.07) is 4.72. The van der Waals surface area contributed by atoms with E-state index in [0.29, 0.717) is 11.3 Å². The van der Waals surface area contributed by atoms with E-state index in [4.69, 9.17) is 9.84 Å². The third kappa shape index (κ3) is 2.26. The van der Waals surface area contributed by atoms with Crippen LogP contribution in [0.1, 0.15) is 5.56 Å². The van der Waals surface area contributed by atoms with E-state index in [9.17, 15) is 9.90 Å². The van der Waals surface area contributed by atoms with Crippen LogP contribution < -0.4 is 4.74 Å². The number of carboxylic acids is 1. The van der Waals surface area contributed by atoms with Crippen molar-refractivity contribution in [2.24, 2.45) is 0 Å². The molecule has 2 N–H and O–H groups in total. The quantitative estimate of drug-likeness (QED) is 0.715. The van der Waals surface area contributed by atoms with Crippen LogP contribution in [0.4, 0.5) is 0 Å². The number of rotatable bonds is 3. The van der Waals surface area contributed by atoms with Crippen LogP contribution in [0, 0.1) is 0 Å². The second-order valence-corrected chi connectivity index (χ2v) is 2.56. The zero-order valence-electron chi connectivity index (χ0n) is 7.60. The maximum atomic E-state index is 10.3. The number of methoxy groups -OCH3 is 1. The minimum atomic E-state index is -1.07. The van der Waals surface area contributed by atoms with Crippen molar-refractivity contribution in [1.82, 2.24) is 0 Å².